The number of aliphatic hydroxyl groups excluding tert-OH is 1. The molecule has 0 radical (unpaired) electrons. The van der Waals surface area contributed by atoms with Gasteiger partial charge in [-0.25, -0.2) is 4.79 Å². The number of piperidine rings is 1. The summed E-state index contributed by atoms with van der Waals surface area (Å²) in [7, 11) is 0. The van der Waals surface area contributed by atoms with Crippen molar-refractivity contribution >= 4 is 6.09 Å². The molecule has 3 rings (SSSR count). The second-order valence-corrected chi connectivity index (χ2v) is 6.53. The van der Waals surface area contributed by atoms with Crippen molar-refractivity contribution in [3.63, 3.8) is 0 Å². The number of rotatable bonds is 4. The van der Waals surface area contributed by atoms with Gasteiger partial charge in [-0.05, 0) is 36.8 Å². The minimum Gasteiger partial charge on any atom is -0.447 e. The fraction of sp³-hybridized carbons (Fsp3) is 0.611. The molecule has 1 N–H and O–H groups in total. The van der Waals surface area contributed by atoms with Crippen LogP contribution in [0.1, 0.15) is 30.4 Å². The molecule has 1 unspecified atom stereocenters. The van der Waals surface area contributed by atoms with Crippen molar-refractivity contribution in [2.75, 3.05) is 32.8 Å². The van der Waals surface area contributed by atoms with Gasteiger partial charge in [0.05, 0.1) is 0 Å². The first-order chi connectivity index (χ1) is 11.2. The second-order valence-electron chi connectivity index (χ2n) is 6.53. The summed E-state index contributed by atoms with van der Waals surface area (Å²) < 4.78 is 5.26. The Morgan fingerprint density at radius 1 is 1.13 bits per heavy atom. The van der Waals surface area contributed by atoms with Crippen molar-refractivity contribution in [2.24, 2.45) is 0 Å². The van der Waals surface area contributed by atoms with E-state index in [1.54, 1.807) is 4.90 Å². The minimum absolute atomic E-state index is 0.0769. The summed E-state index contributed by atoms with van der Waals surface area (Å²) in [5.74, 6) is 0. The van der Waals surface area contributed by atoms with Crippen LogP contribution in [0.25, 0.3) is 0 Å². The van der Waals surface area contributed by atoms with Gasteiger partial charge in [-0.2, -0.15) is 0 Å². The van der Waals surface area contributed by atoms with Gasteiger partial charge in [0.2, 0.25) is 0 Å². The van der Waals surface area contributed by atoms with Gasteiger partial charge in [0.15, 0.2) is 0 Å². The van der Waals surface area contributed by atoms with Gasteiger partial charge in [0, 0.05) is 32.7 Å². The van der Waals surface area contributed by atoms with Crippen LogP contribution < -0.4 is 0 Å². The van der Waals surface area contributed by atoms with E-state index < -0.39 is 6.10 Å². The summed E-state index contributed by atoms with van der Waals surface area (Å²) in [5, 5.41) is 10.2. The number of hydrogen-bond donors (Lipinski definition) is 1. The second kappa shape index (κ2) is 7.79. The first kappa shape index (κ1) is 16.3. The van der Waals surface area contributed by atoms with Gasteiger partial charge in [-0.15, -0.1) is 0 Å². The van der Waals surface area contributed by atoms with Crippen LogP contribution in [-0.2, 0) is 17.7 Å². The largest absolute Gasteiger partial charge is 0.447 e. The number of benzene rings is 1. The van der Waals surface area contributed by atoms with E-state index >= 15 is 0 Å². The number of hydrogen-bond acceptors (Lipinski definition) is 4. The molecule has 0 spiro atoms. The summed E-state index contributed by atoms with van der Waals surface area (Å²) in [5.41, 5.74) is 2.73. The van der Waals surface area contributed by atoms with Gasteiger partial charge in [0.25, 0.3) is 0 Å². The number of β-amino-alcohol motifs (C(OH)–C–C–N with tert-alkyl or cyclic N) is 1. The predicted octanol–water partition coefficient (Wildman–Crippen LogP) is 2.03. The maximum atomic E-state index is 11.9. The third kappa shape index (κ3) is 4.45. The standard InChI is InChI=1S/C18H26N2O3/c21-17(14-23-18(22)20-9-4-1-5-10-20)13-19-11-8-15-6-2-3-7-16(15)12-19/h2-3,6-7,17,21H,1,4-5,8-14H2. The SMILES string of the molecule is O=C(OCC(O)CN1CCc2ccccc2C1)N1CCCCC1. The molecule has 1 saturated heterocycles. The Morgan fingerprint density at radius 2 is 1.87 bits per heavy atom. The Kier molecular flexibility index (Phi) is 5.51. The number of nitrogens with zero attached hydrogens (tertiary/aromatic N) is 2. The lowest BCUT2D eigenvalue weighted by molar-refractivity contribution is 0.0252. The van der Waals surface area contributed by atoms with E-state index in [9.17, 15) is 9.90 Å². The van der Waals surface area contributed by atoms with Crippen molar-refractivity contribution in [3.8, 4) is 0 Å². The third-order valence-corrected chi connectivity index (χ3v) is 4.69. The zero-order valence-corrected chi connectivity index (χ0v) is 13.6. The Bertz CT molecular complexity index is 529. The molecule has 23 heavy (non-hydrogen) atoms. The quantitative estimate of drug-likeness (QED) is 0.923. The van der Waals surface area contributed by atoms with Gasteiger partial charge < -0.3 is 14.7 Å². The van der Waals surface area contributed by atoms with Crippen LogP contribution in [0.4, 0.5) is 4.79 Å². The lowest BCUT2D eigenvalue weighted by Gasteiger charge is -2.30. The Balaban J connectivity index is 1.41. The number of ether oxygens (including phenoxy) is 1. The molecule has 2 aliphatic rings. The highest BCUT2D eigenvalue weighted by atomic mass is 16.6. The van der Waals surface area contributed by atoms with Crippen molar-refractivity contribution in [3.05, 3.63) is 35.4 Å². The maximum absolute atomic E-state index is 11.9. The van der Waals surface area contributed by atoms with E-state index in [2.05, 4.69) is 29.2 Å². The smallest absolute Gasteiger partial charge is 0.409 e. The zero-order chi connectivity index (χ0) is 16.1. The van der Waals surface area contributed by atoms with E-state index in [0.29, 0.717) is 6.54 Å². The number of carbonyl (C=O) groups excluding carboxylic acids is 1. The first-order valence-corrected chi connectivity index (χ1v) is 8.61. The zero-order valence-electron chi connectivity index (χ0n) is 13.6. The molecule has 2 heterocycles. The Morgan fingerprint density at radius 3 is 2.65 bits per heavy atom. The summed E-state index contributed by atoms with van der Waals surface area (Å²) >= 11 is 0. The summed E-state index contributed by atoms with van der Waals surface area (Å²) in [4.78, 5) is 15.9. The first-order valence-electron chi connectivity index (χ1n) is 8.61. The molecule has 1 amide bonds. The summed E-state index contributed by atoms with van der Waals surface area (Å²) in [6.45, 7) is 3.96. The van der Waals surface area contributed by atoms with E-state index in [-0.39, 0.29) is 12.7 Å². The van der Waals surface area contributed by atoms with Crippen LogP contribution in [0.3, 0.4) is 0 Å². The lowest BCUT2D eigenvalue weighted by Crippen LogP contribution is -2.41. The molecule has 1 aromatic rings. The van der Waals surface area contributed by atoms with Gasteiger partial charge >= 0.3 is 6.09 Å². The molecule has 126 valence electrons. The third-order valence-electron chi connectivity index (χ3n) is 4.69. The predicted molar refractivity (Wildman–Crippen MR) is 88.2 cm³/mol. The average molecular weight is 318 g/mol. The highest BCUT2D eigenvalue weighted by Crippen LogP contribution is 2.18. The van der Waals surface area contributed by atoms with Crippen molar-refractivity contribution in [2.45, 2.75) is 38.3 Å². The number of fused-ring (bicyclic) bond motifs is 1. The van der Waals surface area contributed by atoms with E-state index in [4.69, 9.17) is 4.74 Å². The molecule has 1 aromatic carbocycles. The number of likely N-dealkylation sites (tertiary alicyclic amines) is 1. The summed E-state index contributed by atoms with van der Waals surface area (Å²) in [6.07, 6.45) is 3.37. The van der Waals surface area contributed by atoms with Crippen LogP contribution in [0.15, 0.2) is 24.3 Å². The molecule has 0 aromatic heterocycles. The Labute approximate surface area is 137 Å². The highest BCUT2D eigenvalue weighted by molar-refractivity contribution is 5.67. The van der Waals surface area contributed by atoms with Crippen LogP contribution >= 0.6 is 0 Å². The fourth-order valence-electron chi connectivity index (χ4n) is 3.40. The van der Waals surface area contributed by atoms with E-state index in [0.717, 1.165) is 45.4 Å². The molecule has 0 saturated carbocycles. The molecule has 0 bridgehead atoms. The van der Waals surface area contributed by atoms with Crippen molar-refractivity contribution in [1.29, 1.82) is 0 Å². The van der Waals surface area contributed by atoms with Gasteiger partial charge in [-0.3, -0.25) is 4.90 Å². The number of aliphatic hydroxyl groups is 1. The van der Waals surface area contributed by atoms with Gasteiger partial charge in [-0.1, -0.05) is 24.3 Å². The molecule has 1 atom stereocenters. The van der Waals surface area contributed by atoms with Crippen LogP contribution in [0.5, 0.6) is 0 Å². The Hall–Kier alpha value is -1.59. The maximum Gasteiger partial charge on any atom is 0.409 e. The molecular weight excluding hydrogens is 292 g/mol. The minimum atomic E-state index is -0.631. The number of carbonyl (C=O) groups is 1. The molecular formula is C18H26N2O3. The molecule has 5 nitrogen and oxygen atoms in total. The molecule has 5 heteroatoms. The van der Waals surface area contributed by atoms with E-state index in [1.165, 1.54) is 17.5 Å². The van der Waals surface area contributed by atoms with Crippen LogP contribution in [0.2, 0.25) is 0 Å². The molecule has 2 aliphatic heterocycles. The monoisotopic (exact) mass is 318 g/mol. The normalized spacial score (nSPS) is 20.0. The molecule has 0 aliphatic carbocycles. The van der Waals surface area contributed by atoms with Gasteiger partial charge in [0.1, 0.15) is 12.7 Å². The van der Waals surface area contributed by atoms with Crippen LogP contribution in [0, 0.1) is 0 Å². The highest BCUT2D eigenvalue weighted by Gasteiger charge is 2.21. The van der Waals surface area contributed by atoms with E-state index in [1.807, 2.05) is 0 Å². The average Bonchev–Trinajstić information content (AvgIpc) is 2.60. The lowest BCUT2D eigenvalue weighted by atomic mass is 10.00. The molecule has 1 fully saturated rings. The van der Waals surface area contributed by atoms with Crippen molar-refractivity contribution in [1.82, 2.24) is 9.80 Å². The summed E-state index contributed by atoms with van der Waals surface area (Å²) in [6, 6.07) is 8.44. The topological polar surface area (TPSA) is 53.0 Å². The van der Waals surface area contributed by atoms with Crippen molar-refractivity contribution < 1.29 is 14.6 Å². The fourth-order valence-corrected chi connectivity index (χ4v) is 3.40. The number of amides is 1. The van der Waals surface area contributed by atoms with Crippen LogP contribution in [-0.4, -0.2) is 59.9 Å².